The molecule has 3 heterocycles. The molecule has 0 radical (unpaired) electrons. The zero-order valence-electron chi connectivity index (χ0n) is 9.29. The number of nitrogens with one attached hydrogen (secondary N) is 1. The first-order valence-corrected chi connectivity index (χ1v) is 5.70. The lowest BCUT2D eigenvalue weighted by Crippen LogP contribution is -2.57. The summed E-state index contributed by atoms with van der Waals surface area (Å²) in [6.45, 7) is 5.39. The maximum Gasteiger partial charge on any atom is 0.0799 e. The molecular formula is C13H17NO. The van der Waals surface area contributed by atoms with E-state index in [2.05, 4.69) is 37.4 Å². The van der Waals surface area contributed by atoms with Crippen LogP contribution in [0.25, 0.3) is 0 Å². The third-order valence-corrected chi connectivity index (χ3v) is 3.78. The lowest BCUT2D eigenvalue weighted by molar-refractivity contribution is -0.167. The molecule has 0 amide bonds. The molecule has 3 aliphatic heterocycles. The lowest BCUT2D eigenvalue weighted by atomic mass is 9.85. The Labute approximate surface area is 90.6 Å². The van der Waals surface area contributed by atoms with Crippen LogP contribution < -0.4 is 5.32 Å². The van der Waals surface area contributed by atoms with E-state index in [1.165, 1.54) is 23.1 Å². The van der Waals surface area contributed by atoms with Gasteiger partial charge >= 0.3 is 0 Å². The van der Waals surface area contributed by atoms with E-state index in [0.29, 0.717) is 18.2 Å². The van der Waals surface area contributed by atoms with Crippen LogP contribution >= 0.6 is 0 Å². The van der Waals surface area contributed by atoms with Gasteiger partial charge < -0.3 is 10.1 Å². The highest BCUT2D eigenvalue weighted by Gasteiger charge is 2.42. The Morgan fingerprint density at radius 3 is 2.80 bits per heavy atom. The van der Waals surface area contributed by atoms with Gasteiger partial charge in [0, 0.05) is 13.0 Å². The largest absolute Gasteiger partial charge is 0.371 e. The number of piperidine rings is 1. The number of benzene rings is 1. The van der Waals surface area contributed by atoms with Gasteiger partial charge in [0.05, 0.1) is 18.2 Å². The molecule has 0 saturated carbocycles. The topological polar surface area (TPSA) is 21.3 Å². The van der Waals surface area contributed by atoms with E-state index in [1.54, 1.807) is 0 Å². The second-order valence-electron chi connectivity index (χ2n) is 4.71. The summed E-state index contributed by atoms with van der Waals surface area (Å²) in [6.07, 6.45) is 2.12. The van der Waals surface area contributed by atoms with Crippen molar-refractivity contribution in [1.29, 1.82) is 0 Å². The fourth-order valence-electron chi connectivity index (χ4n) is 2.65. The minimum Gasteiger partial charge on any atom is -0.371 e. The molecule has 3 atom stereocenters. The molecule has 2 bridgehead atoms. The van der Waals surface area contributed by atoms with E-state index in [1.807, 2.05) is 0 Å². The molecule has 0 spiro atoms. The standard InChI is InChI=1S/C13H17NO/c1-8-4-3-5-11(9(8)2)13-12-6-10(15-12)7-14-13/h3-5,10,12-14H,6-7H2,1-2H3/t10-,12+,13-/m0/s1. The molecule has 0 aliphatic carbocycles. The van der Waals surface area contributed by atoms with Crippen LogP contribution in [0.3, 0.4) is 0 Å². The van der Waals surface area contributed by atoms with Crippen LogP contribution in [0.4, 0.5) is 0 Å². The van der Waals surface area contributed by atoms with Crippen molar-refractivity contribution in [1.82, 2.24) is 5.32 Å². The molecule has 0 aromatic heterocycles. The number of aryl methyl sites for hydroxylation is 1. The highest BCUT2D eigenvalue weighted by Crippen LogP contribution is 2.37. The molecule has 0 unspecified atom stereocenters. The monoisotopic (exact) mass is 203 g/mol. The molecule has 80 valence electrons. The lowest BCUT2D eigenvalue weighted by Gasteiger charge is -2.47. The highest BCUT2D eigenvalue weighted by atomic mass is 16.5. The van der Waals surface area contributed by atoms with Crippen LogP contribution in [-0.2, 0) is 4.74 Å². The SMILES string of the molecule is Cc1cccc([C@@H]2NC[C@@H]3C[C@H]2O3)c1C. The summed E-state index contributed by atoms with van der Waals surface area (Å²) in [5.41, 5.74) is 4.19. The van der Waals surface area contributed by atoms with Gasteiger partial charge in [0.15, 0.2) is 0 Å². The Kier molecular flexibility index (Phi) is 2.08. The molecule has 1 N–H and O–H groups in total. The molecule has 15 heavy (non-hydrogen) atoms. The van der Waals surface area contributed by atoms with Crippen molar-refractivity contribution in [3.05, 3.63) is 34.9 Å². The average Bonchev–Trinajstić information content (AvgIpc) is 2.21. The third-order valence-electron chi connectivity index (χ3n) is 3.78. The Morgan fingerprint density at radius 2 is 2.13 bits per heavy atom. The summed E-state index contributed by atoms with van der Waals surface area (Å²) in [4.78, 5) is 0. The first-order valence-electron chi connectivity index (χ1n) is 5.70. The first-order chi connectivity index (χ1) is 7.25. The number of ether oxygens (including phenoxy) is 1. The second-order valence-corrected chi connectivity index (χ2v) is 4.71. The Balaban J connectivity index is 1.94. The number of rotatable bonds is 1. The second kappa shape index (κ2) is 3.32. The van der Waals surface area contributed by atoms with Gasteiger partial charge in [-0.15, -0.1) is 0 Å². The molecule has 2 heteroatoms. The van der Waals surface area contributed by atoms with E-state index >= 15 is 0 Å². The molecule has 2 nitrogen and oxygen atoms in total. The summed E-state index contributed by atoms with van der Waals surface area (Å²) >= 11 is 0. The smallest absolute Gasteiger partial charge is 0.0799 e. The molecule has 3 saturated heterocycles. The van der Waals surface area contributed by atoms with Crippen molar-refractivity contribution in [3.63, 3.8) is 0 Å². The molecule has 3 aliphatic rings. The van der Waals surface area contributed by atoms with Crippen LogP contribution in [-0.4, -0.2) is 18.8 Å². The average molecular weight is 203 g/mol. The molecule has 4 rings (SSSR count). The van der Waals surface area contributed by atoms with Gasteiger partial charge in [0.1, 0.15) is 0 Å². The normalized spacial score (nSPS) is 33.6. The van der Waals surface area contributed by atoms with Crippen LogP contribution in [0.5, 0.6) is 0 Å². The third kappa shape index (κ3) is 1.40. The summed E-state index contributed by atoms with van der Waals surface area (Å²) < 4.78 is 5.77. The predicted octanol–water partition coefficient (Wildman–Crippen LogP) is 2.11. The van der Waals surface area contributed by atoms with Gasteiger partial charge in [0.25, 0.3) is 0 Å². The van der Waals surface area contributed by atoms with Crippen LogP contribution in [0, 0.1) is 13.8 Å². The summed E-state index contributed by atoms with van der Waals surface area (Å²) in [6, 6.07) is 6.95. The van der Waals surface area contributed by atoms with Crippen molar-refractivity contribution in [2.24, 2.45) is 0 Å². The van der Waals surface area contributed by atoms with E-state index in [4.69, 9.17) is 4.74 Å². The van der Waals surface area contributed by atoms with E-state index in [0.717, 1.165) is 6.54 Å². The minimum atomic E-state index is 0.407. The number of morpholine rings is 1. The fourth-order valence-corrected chi connectivity index (χ4v) is 2.65. The summed E-state index contributed by atoms with van der Waals surface area (Å²) in [7, 11) is 0. The van der Waals surface area contributed by atoms with Gasteiger partial charge in [-0.05, 0) is 30.5 Å². The van der Waals surface area contributed by atoms with Crippen LogP contribution in [0.15, 0.2) is 18.2 Å². The van der Waals surface area contributed by atoms with Crippen LogP contribution in [0.1, 0.15) is 29.2 Å². The maximum absolute atomic E-state index is 5.77. The van der Waals surface area contributed by atoms with Gasteiger partial charge in [-0.2, -0.15) is 0 Å². The minimum absolute atomic E-state index is 0.407. The van der Waals surface area contributed by atoms with E-state index in [-0.39, 0.29) is 0 Å². The van der Waals surface area contributed by atoms with E-state index in [9.17, 15) is 0 Å². The van der Waals surface area contributed by atoms with Crippen molar-refractivity contribution in [3.8, 4) is 0 Å². The van der Waals surface area contributed by atoms with Crippen LogP contribution in [0.2, 0.25) is 0 Å². The number of fused-ring (bicyclic) bond motifs is 2. The highest BCUT2D eigenvalue weighted by molar-refractivity contribution is 5.36. The van der Waals surface area contributed by atoms with Crippen molar-refractivity contribution in [2.45, 2.75) is 38.5 Å². The van der Waals surface area contributed by atoms with Gasteiger partial charge in [-0.3, -0.25) is 0 Å². The molecule has 3 fully saturated rings. The van der Waals surface area contributed by atoms with Gasteiger partial charge in [-0.1, -0.05) is 18.2 Å². The Hall–Kier alpha value is -0.860. The zero-order valence-corrected chi connectivity index (χ0v) is 9.29. The first kappa shape index (κ1) is 9.37. The number of hydrogen-bond donors (Lipinski definition) is 1. The zero-order chi connectivity index (χ0) is 10.4. The maximum atomic E-state index is 5.77. The molecule has 1 aromatic rings. The summed E-state index contributed by atoms with van der Waals surface area (Å²) in [5, 5.41) is 3.58. The Bertz CT molecular complexity index is 379. The van der Waals surface area contributed by atoms with Crippen molar-refractivity contribution < 1.29 is 4.74 Å². The predicted molar refractivity (Wildman–Crippen MR) is 59.9 cm³/mol. The van der Waals surface area contributed by atoms with Crippen molar-refractivity contribution >= 4 is 0 Å². The Morgan fingerprint density at radius 1 is 1.33 bits per heavy atom. The van der Waals surface area contributed by atoms with Crippen molar-refractivity contribution in [2.75, 3.05) is 6.54 Å². The fraction of sp³-hybridized carbons (Fsp3) is 0.538. The molecular weight excluding hydrogens is 186 g/mol. The summed E-state index contributed by atoms with van der Waals surface area (Å²) in [5.74, 6) is 0. The van der Waals surface area contributed by atoms with Gasteiger partial charge in [-0.25, -0.2) is 0 Å². The molecule has 1 aromatic carbocycles. The van der Waals surface area contributed by atoms with E-state index < -0.39 is 0 Å². The number of hydrogen-bond acceptors (Lipinski definition) is 2. The van der Waals surface area contributed by atoms with Gasteiger partial charge in [0.2, 0.25) is 0 Å². The quantitative estimate of drug-likeness (QED) is 0.754.